The molecular formula is C6H9N3O. The minimum atomic E-state index is -0.545. The van der Waals surface area contributed by atoms with E-state index in [4.69, 9.17) is 0 Å². The highest BCUT2D eigenvalue weighted by Gasteiger charge is 2.22. The molecule has 1 N–H and O–H groups in total. The van der Waals surface area contributed by atoms with Gasteiger partial charge in [0.25, 0.3) is 0 Å². The highest BCUT2D eigenvalue weighted by Crippen LogP contribution is 2.13. The number of nitrogens with one attached hydrogen (secondary N) is 1. The predicted molar refractivity (Wildman–Crippen MR) is 35.5 cm³/mol. The van der Waals surface area contributed by atoms with E-state index in [9.17, 15) is 4.79 Å². The maximum Gasteiger partial charge on any atom is 0.137 e. The second kappa shape index (κ2) is 2.21. The molecule has 1 heterocycles. The number of nitrogens with zero attached hydrogens (tertiary/aromatic N) is 2. The number of aromatic amines is 1. The largest absolute Gasteiger partial charge is 0.302 e. The highest BCUT2D eigenvalue weighted by molar-refractivity contribution is 5.64. The van der Waals surface area contributed by atoms with E-state index in [0.717, 1.165) is 6.29 Å². The monoisotopic (exact) mass is 139 g/mol. The Morgan fingerprint density at radius 3 is 2.80 bits per heavy atom. The lowest BCUT2D eigenvalue weighted by Gasteiger charge is -2.10. The van der Waals surface area contributed by atoms with Gasteiger partial charge in [-0.15, -0.1) is 0 Å². The third-order valence-corrected chi connectivity index (χ3v) is 1.32. The molecule has 4 nitrogen and oxygen atoms in total. The number of aromatic nitrogens is 3. The first kappa shape index (κ1) is 6.92. The molecule has 0 bridgehead atoms. The molecule has 10 heavy (non-hydrogen) atoms. The molecule has 54 valence electrons. The number of carbonyl (C=O) groups excluding carboxylic acids is 1. The Bertz CT molecular complexity index is 215. The van der Waals surface area contributed by atoms with Gasteiger partial charge in [0.15, 0.2) is 0 Å². The van der Waals surface area contributed by atoms with Crippen LogP contribution in [0.3, 0.4) is 0 Å². The van der Waals surface area contributed by atoms with Gasteiger partial charge >= 0.3 is 0 Å². The van der Waals surface area contributed by atoms with E-state index in [-0.39, 0.29) is 0 Å². The van der Waals surface area contributed by atoms with Gasteiger partial charge in [-0.2, -0.15) is 5.10 Å². The van der Waals surface area contributed by atoms with Crippen molar-refractivity contribution in [1.29, 1.82) is 0 Å². The fourth-order valence-corrected chi connectivity index (χ4v) is 0.572. The van der Waals surface area contributed by atoms with Crippen LogP contribution in [0.2, 0.25) is 0 Å². The molecule has 0 amide bonds. The Labute approximate surface area is 58.7 Å². The number of rotatable bonds is 2. The van der Waals surface area contributed by atoms with Crippen molar-refractivity contribution in [2.45, 2.75) is 19.3 Å². The minimum absolute atomic E-state index is 0.545. The van der Waals surface area contributed by atoms with Crippen LogP contribution < -0.4 is 0 Å². The van der Waals surface area contributed by atoms with Gasteiger partial charge in [0.05, 0.1) is 5.41 Å². The van der Waals surface area contributed by atoms with Crippen LogP contribution in [0.15, 0.2) is 6.33 Å². The number of H-pyrrole nitrogens is 1. The van der Waals surface area contributed by atoms with Gasteiger partial charge in [-0.1, -0.05) is 0 Å². The Balaban J connectivity index is 2.95. The second-order valence-electron chi connectivity index (χ2n) is 2.67. The van der Waals surface area contributed by atoms with E-state index in [1.807, 2.05) is 0 Å². The topological polar surface area (TPSA) is 58.6 Å². The fourth-order valence-electron chi connectivity index (χ4n) is 0.572. The molecule has 1 aromatic rings. The molecule has 0 fully saturated rings. The molecule has 0 aliphatic carbocycles. The van der Waals surface area contributed by atoms with Crippen molar-refractivity contribution in [1.82, 2.24) is 15.2 Å². The van der Waals surface area contributed by atoms with Crippen molar-refractivity contribution in [2.24, 2.45) is 0 Å². The average molecular weight is 139 g/mol. The zero-order valence-corrected chi connectivity index (χ0v) is 5.96. The van der Waals surface area contributed by atoms with E-state index in [0.29, 0.717) is 5.82 Å². The van der Waals surface area contributed by atoms with Crippen LogP contribution in [0, 0.1) is 0 Å². The smallest absolute Gasteiger partial charge is 0.137 e. The third kappa shape index (κ3) is 1.05. The summed E-state index contributed by atoms with van der Waals surface area (Å²) in [5.41, 5.74) is -0.545. The average Bonchev–Trinajstić information content (AvgIpc) is 2.38. The molecule has 0 atom stereocenters. The molecule has 0 aliphatic rings. The molecule has 0 saturated heterocycles. The summed E-state index contributed by atoms with van der Waals surface area (Å²) >= 11 is 0. The van der Waals surface area contributed by atoms with E-state index >= 15 is 0 Å². The van der Waals surface area contributed by atoms with Crippen LogP contribution in [0.25, 0.3) is 0 Å². The Morgan fingerprint density at radius 1 is 1.70 bits per heavy atom. The Hall–Kier alpha value is -1.19. The highest BCUT2D eigenvalue weighted by atomic mass is 16.1. The van der Waals surface area contributed by atoms with Crippen molar-refractivity contribution in [3.05, 3.63) is 12.2 Å². The number of aldehydes is 1. The molecular weight excluding hydrogens is 130 g/mol. The molecule has 0 radical (unpaired) electrons. The molecule has 4 heteroatoms. The van der Waals surface area contributed by atoms with Crippen LogP contribution in [-0.4, -0.2) is 21.5 Å². The summed E-state index contributed by atoms with van der Waals surface area (Å²) in [7, 11) is 0. The van der Waals surface area contributed by atoms with Gasteiger partial charge < -0.3 is 4.79 Å². The number of hydrogen-bond acceptors (Lipinski definition) is 3. The molecule has 0 aliphatic heterocycles. The normalized spacial score (nSPS) is 11.4. The van der Waals surface area contributed by atoms with E-state index in [1.165, 1.54) is 6.33 Å². The zero-order valence-electron chi connectivity index (χ0n) is 5.96. The van der Waals surface area contributed by atoms with Crippen LogP contribution in [0.1, 0.15) is 19.7 Å². The summed E-state index contributed by atoms with van der Waals surface area (Å²) < 4.78 is 0. The van der Waals surface area contributed by atoms with Crippen molar-refractivity contribution >= 4 is 6.29 Å². The van der Waals surface area contributed by atoms with Crippen LogP contribution >= 0.6 is 0 Å². The summed E-state index contributed by atoms with van der Waals surface area (Å²) in [6.07, 6.45) is 2.23. The maximum absolute atomic E-state index is 10.4. The lowest BCUT2D eigenvalue weighted by atomic mass is 9.95. The standard InChI is InChI=1S/C6H9N3O/c1-6(2,3-10)5-7-4-8-9-5/h3-4H,1-2H3,(H,7,8,9). The maximum atomic E-state index is 10.4. The summed E-state index contributed by atoms with van der Waals surface area (Å²) in [6, 6.07) is 0. The first-order valence-corrected chi connectivity index (χ1v) is 2.99. The van der Waals surface area contributed by atoms with Crippen LogP contribution in [-0.2, 0) is 10.2 Å². The van der Waals surface area contributed by atoms with Gasteiger partial charge in [0.1, 0.15) is 18.4 Å². The van der Waals surface area contributed by atoms with E-state index < -0.39 is 5.41 Å². The number of hydrogen-bond donors (Lipinski definition) is 1. The Morgan fingerprint density at radius 2 is 2.40 bits per heavy atom. The molecule has 0 saturated carbocycles. The molecule has 0 unspecified atom stereocenters. The van der Waals surface area contributed by atoms with Crippen LogP contribution in [0.5, 0.6) is 0 Å². The Kier molecular flexibility index (Phi) is 1.53. The lowest BCUT2D eigenvalue weighted by Crippen LogP contribution is -2.20. The SMILES string of the molecule is CC(C)(C=O)c1ncn[nH]1. The quantitative estimate of drug-likeness (QED) is 0.599. The first-order valence-electron chi connectivity index (χ1n) is 2.99. The molecule has 1 aromatic heterocycles. The first-order chi connectivity index (χ1) is 4.67. The molecule has 0 spiro atoms. The zero-order chi connectivity index (χ0) is 7.61. The lowest BCUT2D eigenvalue weighted by molar-refractivity contribution is -0.111. The van der Waals surface area contributed by atoms with Crippen molar-refractivity contribution < 1.29 is 4.79 Å². The number of carbonyl (C=O) groups is 1. The van der Waals surface area contributed by atoms with Gasteiger partial charge in [-0.25, -0.2) is 4.98 Å². The van der Waals surface area contributed by atoms with Gasteiger partial charge in [0.2, 0.25) is 0 Å². The van der Waals surface area contributed by atoms with Crippen LogP contribution in [0.4, 0.5) is 0 Å². The van der Waals surface area contributed by atoms with E-state index in [2.05, 4.69) is 15.2 Å². The molecule has 0 aromatic carbocycles. The van der Waals surface area contributed by atoms with Gasteiger partial charge in [0, 0.05) is 0 Å². The second-order valence-corrected chi connectivity index (χ2v) is 2.67. The fraction of sp³-hybridized carbons (Fsp3) is 0.500. The van der Waals surface area contributed by atoms with Crippen molar-refractivity contribution in [3.8, 4) is 0 Å². The minimum Gasteiger partial charge on any atom is -0.302 e. The predicted octanol–water partition coefficient (Wildman–Crippen LogP) is 0.281. The summed E-state index contributed by atoms with van der Waals surface area (Å²) in [4.78, 5) is 14.3. The van der Waals surface area contributed by atoms with E-state index in [1.54, 1.807) is 13.8 Å². The molecule has 1 rings (SSSR count). The summed E-state index contributed by atoms with van der Waals surface area (Å²) in [5.74, 6) is 0.600. The van der Waals surface area contributed by atoms with Gasteiger partial charge in [-0.05, 0) is 13.8 Å². The summed E-state index contributed by atoms with van der Waals surface area (Å²) in [6.45, 7) is 3.56. The van der Waals surface area contributed by atoms with Crippen molar-refractivity contribution in [2.75, 3.05) is 0 Å². The summed E-state index contributed by atoms with van der Waals surface area (Å²) in [5, 5.41) is 6.28. The van der Waals surface area contributed by atoms with Gasteiger partial charge in [-0.3, -0.25) is 5.10 Å². The third-order valence-electron chi connectivity index (χ3n) is 1.32. The van der Waals surface area contributed by atoms with Crippen molar-refractivity contribution in [3.63, 3.8) is 0 Å².